The minimum atomic E-state index is -1.10. The van der Waals surface area contributed by atoms with Crippen molar-refractivity contribution in [3.63, 3.8) is 0 Å². The van der Waals surface area contributed by atoms with E-state index in [0.29, 0.717) is 19.3 Å². The molecule has 1 saturated heterocycles. The number of carbonyl (C=O) groups excluding carboxylic acids is 2. The molecule has 23 heavy (non-hydrogen) atoms. The first-order valence-corrected chi connectivity index (χ1v) is 8.32. The summed E-state index contributed by atoms with van der Waals surface area (Å²) in [6, 6.07) is 8.41. The normalized spacial score (nSPS) is 26.9. The lowest BCUT2D eigenvalue weighted by Gasteiger charge is -2.45. The third kappa shape index (κ3) is 3.46. The molecule has 0 radical (unpaired) electrons. The van der Waals surface area contributed by atoms with Crippen molar-refractivity contribution in [2.24, 2.45) is 0 Å². The fourth-order valence-corrected chi connectivity index (χ4v) is 3.56. The van der Waals surface area contributed by atoms with Crippen molar-refractivity contribution in [3.05, 3.63) is 41.1 Å². The highest BCUT2D eigenvalue weighted by Gasteiger charge is 2.51. The molecule has 0 aliphatic carbocycles. The molecule has 1 heterocycles. The molecule has 0 spiro atoms. The van der Waals surface area contributed by atoms with Crippen molar-refractivity contribution >= 4 is 11.9 Å². The number of hydrogen-bond acceptors (Lipinski definition) is 4. The van der Waals surface area contributed by atoms with Crippen molar-refractivity contribution in [1.82, 2.24) is 0 Å². The number of methoxy groups -OCH3 is 1. The van der Waals surface area contributed by atoms with E-state index in [1.165, 1.54) is 0 Å². The zero-order chi connectivity index (χ0) is 16.9. The topological polar surface area (TPSA) is 66.4 Å². The van der Waals surface area contributed by atoms with Crippen molar-refractivity contribution in [1.29, 1.82) is 0 Å². The Kier molecular flexibility index (Phi) is 5.91. The average molecular weight is 319 g/mol. The molecule has 1 aliphatic rings. The molecule has 5 heteroatoms. The first kappa shape index (κ1) is 17.6. The predicted molar refractivity (Wildman–Crippen MR) is 87.0 cm³/mol. The van der Waals surface area contributed by atoms with E-state index in [-0.39, 0.29) is 6.04 Å². The van der Waals surface area contributed by atoms with Gasteiger partial charge in [0.1, 0.15) is 6.04 Å². The summed E-state index contributed by atoms with van der Waals surface area (Å²) < 4.78 is 3.45. The van der Waals surface area contributed by atoms with Crippen LogP contribution in [0.15, 0.2) is 30.3 Å². The number of hydroxylamine groups is 3. The van der Waals surface area contributed by atoms with Crippen LogP contribution in [0.5, 0.6) is 0 Å². The SMILES string of the molecule is CCCCC[C@H]1CCC(c2ccccc2)[N+]1([O-])C(=O)C(=O)OC. The van der Waals surface area contributed by atoms with Crippen molar-refractivity contribution < 1.29 is 19.0 Å². The van der Waals surface area contributed by atoms with Gasteiger partial charge in [0, 0.05) is 24.8 Å². The number of rotatable bonds is 5. The summed E-state index contributed by atoms with van der Waals surface area (Å²) in [6.07, 6.45) is 4.93. The van der Waals surface area contributed by atoms with Crippen molar-refractivity contribution in [3.8, 4) is 0 Å². The Morgan fingerprint density at radius 2 is 1.91 bits per heavy atom. The highest BCUT2D eigenvalue weighted by atomic mass is 16.6. The predicted octanol–water partition coefficient (Wildman–Crippen LogP) is 3.48. The second-order valence-electron chi connectivity index (χ2n) is 6.16. The summed E-state index contributed by atoms with van der Waals surface area (Å²) >= 11 is 0. The molecular weight excluding hydrogens is 294 g/mol. The molecule has 0 bridgehead atoms. The molecule has 3 atom stereocenters. The summed E-state index contributed by atoms with van der Waals surface area (Å²) in [5.74, 6) is -2.01. The van der Waals surface area contributed by atoms with Gasteiger partial charge in [-0.1, -0.05) is 50.1 Å². The number of carbonyl (C=O) groups is 2. The number of nitrogens with zero attached hydrogens (tertiary/aromatic N) is 1. The van der Waals surface area contributed by atoms with E-state index in [1.807, 2.05) is 30.3 Å². The van der Waals surface area contributed by atoms with Crippen LogP contribution in [0.25, 0.3) is 0 Å². The average Bonchev–Trinajstić information content (AvgIpc) is 2.92. The van der Waals surface area contributed by atoms with Crippen LogP contribution >= 0.6 is 0 Å². The van der Waals surface area contributed by atoms with Gasteiger partial charge in [-0.3, -0.25) is 4.65 Å². The van der Waals surface area contributed by atoms with Gasteiger partial charge in [-0.25, -0.2) is 9.59 Å². The Bertz CT molecular complexity index is 545. The molecule has 0 saturated carbocycles. The van der Waals surface area contributed by atoms with Gasteiger partial charge in [-0.2, -0.15) is 0 Å². The number of ether oxygens (including phenoxy) is 1. The lowest BCUT2D eigenvalue weighted by atomic mass is 10.0. The molecule has 0 N–H and O–H groups in total. The van der Waals surface area contributed by atoms with Gasteiger partial charge in [-0.15, -0.1) is 0 Å². The summed E-state index contributed by atoms with van der Waals surface area (Å²) in [7, 11) is 1.14. The molecular formula is C18H25NO4. The molecule has 1 aromatic carbocycles. The molecule has 1 amide bonds. The summed E-state index contributed by atoms with van der Waals surface area (Å²) in [5, 5.41) is 13.5. The lowest BCUT2D eigenvalue weighted by Crippen LogP contribution is -2.55. The van der Waals surface area contributed by atoms with Crippen LogP contribution in [0.4, 0.5) is 0 Å². The maximum atomic E-state index is 13.5. The summed E-state index contributed by atoms with van der Waals surface area (Å²) in [5.41, 5.74) is 0.817. The second-order valence-corrected chi connectivity index (χ2v) is 6.16. The molecule has 126 valence electrons. The van der Waals surface area contributed by atoms with Gasteiger partial charge in [0.25, 0.3) is 0 Å². The highest BCUT2D eigenvalue weighted by Crippen LogP contribution is 2.44. The quantitative estimate of drug-likeness (QED) is 0.274. The smallest absolute Gasteiger partial charge is 0.437 e. The minimum Gasteiger partial charge on any atom is -0.624 e. The number of likely N-dealkylation sites (tertiary alicyclic amines) is 1. The van der Waals surface area contributed by atoms with Crippen molar-refractivity contribution in [2.45, 2.75) is 57.5 Å². The maximum Gasteiger partial charge on any atom is 0.437 e. The van der Waals surface area contributed by atoms with Crippen LogP contribution in [-0.2, 0) is 14.3 Å². The van der Waals surface area contributed by atoms with E-state index in [0.717, 1.165) is 31.9 Å². The van der Waals surface area contributed by atoms with Crippen LogP contribution in [0.2, 0.25) is 0 Å². The first-order valence-electron chi connectivity index (χ1n) is 8.32. The Balaban J connectivity index is 2.31. The fourth-order valence-electron chi connectivity index (χ4n) is 3.56. The Morgan fingerprint density at radius 3 is 2.52 bits per heavy atom. The van der Waals surface area contributed by atoms with Crippen LogP contribution in [-0.4, -0.2) is 29.7 Å². The van der Waals surface area contributed by atoms with Crippen LogP contribution < -0.4 is 0 Å². The lowest BCUT2D eigenvalue weighted by molar-refractivity contribution is -0.845. The molecule has 1 fully saturated rings. The van der Waals surface area contributed by atoms with Gasteiger partial charge in [0.05, 0.1) is 13.2 Å². The van der Waals surface area contributed by atoms with E-state index in [9.17, 15) is 14.8 Å². The Hall–Kier alpha value is -1.72. The van der Waals surface area contributed by atoms with Gasteiger partial charge in [0.2, 0.25) is 0 Å². The van der Waals surface area contributed by atoms with Crippen LogP contribution in [0.1, 0.15) is 57.1 Å². The molecule has 2 unspecified atom stereocenters. The van der Waals surface area contributed by atoms with E-state index in [2.05, 4.69) is 11.7 Å². The molecule has 5 nitrogen and oxygen atoms in total. The number of quaternary nitrogens is 1. The number of hydrogen-bond donors (Lipinski definition) is 0. The van der Waals surface area contributed by atoms with E-state index < -0.39 is 22.6 Å². The molecule has 1 aliphatic heterocycles. The largest absolute Gasteiger partial charge is 0.624 e. The van der Waals surface area contributed by atoms with Crippen molar-refractivity contribution in [2.75, 3.05) is 7.11 Å². The Morgan fingerprint density at radius 1 is 1.22 bits per heavy atom. The van der Waals surface area contributed by atoms with E-state index in [4.69, 9.17) is 0 Å². The zero-order valence-corrected chi connectivity index (χ0v) is 13.9. The van der Waals surface area contributed by atoms with Crippen LogP contribution in [0.3, 0.4) is 0 Å². The number of esters is 1. The maximum absolute atomic E-state index is 13.5. The monoisotopic (exact) mass is 319 g/mol. The minimum absolute atomic E-state index is 0.363. The van der Waals surface area contributed by atoms with Gasteiger partial charge >= 0.3 is 11.9 Å². The van der Waals surface area contributed by atoms with E-state index >= 15 is 0 Å². The summed E-state index contributed by atoms with van der Waals surface area (Å²) in [6.45, 7) is 2.10. The standard InChI is InChI=1S/C18H25NO4/c1-3-4-6-11-15-12-13-16(14-9-7-5-8-10-14)19(15,22)17(20)18(21)23-2/h5,7-10,15-16H,3-4,6,11-13H2,1-2H3/t15-,16?,19?/m0/s1. The second kappa shape index (κ2) is 7.70. The van der Waals surface area contributed by atoms with E-state index in [1.54, 1.807) is 0 Å². The highest BCUT2D eigenvalue weighted by molar-refractivity contribution is 6.29. The zero-order valence-electron chi connectivity index (χ0n) is 13.9. The number of amides is 1. The van der Waals surface area contributed by atoms with Crippen LogP contribution in [0, 0.1) is 5.21 Å². The number of unbranched alkanes of at least 4 members (excludes halogenated alkanes) is 2. The first-order chi connectivity index (χ1) is 11.1. The third-order valence-electron chi connectivity index (χ3n) is 4.78. The number of benzene rings is 1. The Labute approximate surface area is 137 Å². The molecule has 1 aromatic rings. The van der Waals surface area contributed by atoms with Gasteiger partial charge in [0.15, 0.2) is 0 Å². The third-order valence-corrected chi connectivity index (χ3v) is 4.78. The summed E-state index contributed by atoms with van der Waals surface area (Å²) in [4.78, 5) is 24.3. The molecule has 2 rings (SSSR count). The van der Waals surface area contributed by atoms with Gasteiger partial charge in [-0.05, 0) is 6.42 Å². The molecule has 0 aromatic heterocycles. The fraction of sp³-hybridized carbons (Fsp3) is 0.556. The van der Waals surface area contributed by atoms with Gasteiger partial charge < -0.3 is 9.94 Å².